The number of pyridine rings is 1. The van der Waals surface area contributed by atoms with Gasteiger partial charge in [0.25, 0.3) is 0 Å². The van der Waals surface area contributed by atoms with Gasteiger partial charge in [-0.25, -0.2) is 4.79 Å². The topological polar surface area (TPSA) is 39.2 Å². The molecule has 0 N–H and O–H groups in total. The summed E-state index contributed by atoms with van der Waals surface area (Å²) in [7, 11) is 0. The van der Waals surface area contributed by atoms with Crippen molar-refractivity contribution in [2.45, 2.75) is 6.92 Å². The van der Waals surface area contributed by atoms with Crippen molar-refractivity contribution in [2.24, 2.45) is 0 Å². The SMILES string of the molecule is CCOC(=O)c1cnc2cc(Cl)ccc2c1I. The van der Waals surface area contributed by atoms with Crippen LogP contribution >= 0.6 is 34.2 Å². The summed E-state index contributed by atoms with van der Waals surface area (Å²) in [6.07, 6.45) is 1.53. The molecule has 3 nitrogen and oxygen atoms in total. The zero-order valence-electron chi connectivity index (χ0n) is 9.04. The van der Waals surface area contributed by atoms with E-state index in [1.54, 1.807) is 19.1 Å². The monoisotopic (exact) mass is 361 g/mol. The van der Waals surface area contributed by atoms with Crippen LogP contribution in [0.1, 0.15) is 17.3 Å². The minimum Gasteiger partial charge on any atom is -0.462 e. The first-order valence-corrected chi connectivity index (χ1v) is 6.50. The zero-order chi connectivity index (χ0) is 12.4. The van der Waals surface area contributed by atoms with E-state index in [0.29, 0.717) is 17.2 Å². The summed E-state index contributed by atoms with van der Waals surface area (Å²) < 4.78 is 5.81. The molecule has 0 saturated heterocycles. The highest BCUT2D eigenvalue weighted by Crippen LogP contribution is 2.25. The van der Waals surface area contributed by atoms with E-state index in [0.717, 1.165) is 14.5 Å². The molecule has 0 unspecified atom stereocenters. The van der Waals surface area contributed by atoms with E-state index < -0.39 is 0 Å². The largest absolute Gasteiger partial charge is 0.462 e. The van der Waals surface area contributed by atoms with Crippen molar-refractivity contribution >= 4 is 51.1 Å². The molecule has 0 spiro atoms. The fourth-order valence-corrected chi connectivity index (χ4v) is 2.47. The number of halogens is 2. The molecule has 0 saturated carbocycles. The fourth-order valence-electron chi connectivity index (χ4n) is 1.48. The van der Waals surface area contributed by atoms with Crippen LogP contribution in [0.25, 0.3) is 10.9 Å². The quantitative estimate of drug-likeness (QED) is 0.605. The number of carbonyl (C=O) groups excluding carboxylic acids is 1. The Bertz CT molecular complexity index is 586. The van der Waals surface area contributed by atoms with Gasteiger partial charge in [-0.1, -0.05) is 17.7 Å². The molecule has 5 heteroatoms. The minimum absolute atomic E-state index is 0.346. The molecule has 1 aromatic carbocycles. The molecule has 0 aliphatic carbocycles. The van der Waals surface area contributed by atoms with Crippen LogP contribution in [0.4, 0.5) is 0 Å². The lowest BCUT2D eigenvalue weighted by molar-refractivity contribution is 0.0525. The minimum atomic E-state index is -0.346. The van der Waals surface area contributed by atoms with Crippen molar-refractivity contribution in [2.75, 3.05) is 6.61 Å². The maximum Gasteiger partial charge on any atom is 0.340 e. The normalized spacial score (nSPS) is 10.5. The van der Waals surface area contributed by atoms with Gasteiger partial charge in [0.2, 0.25) is 0 Å². The summed E-state index contributed by atoms with van der Waals surface area (Å²) in [5.41, 5.74) is 1.26. The molecule has 88 valence electrons. The van der Waals surface area contributed by atoms with Crippen LogP contribution in [0.15, 0.2) is 24.4 Å². The summed E-state index contributed by atoms with van der Waals surface area (Å²) in [6.45, 7) is 2.13. The van der Waals surface area contributed by atoms with E-state index in [-0.39, 0.29) is 5.97 Å². The first-order valence-electron chi connectivity index (χ1n) is 5.04. The molecular formula is C12H9ClINO2. The molecule has 17 heavy (non-hydrogen) atoms. The second-order valence-corrected chi connectivity index (χ2v) is 4.88. The second kappa shape index (κ2) is 5.18. The number of ether oxygens (including phenoxy) is 1. The number of esters is 1. The van der Waals surface area contributed by atoms with E-state index in [1.165, 1.54) is 6.20 Å². The van der Waals surface area contributed by atoms with Gasteiger partial charge in [0.1, 0.15) is 0 Å². The van der Waals surface area contributed by atoms with Gasteiger partial charge in [-0.15, -0.1) is 0 Å². The van der Waals surface area contributed by atoms with Crippen molar-refractivity contribution in [3.05, 3.63) is 38.6 Å². The molecule has 0 aliphatic heterocycles. The van der Waals surface area contributed by atoms with Gasteiger partial charge in [0.05, 0.1) is 17.7 Å². The third-order valence-corrected chi connectivity index (χ3v) is 3.66. The van der Waals surface area contributed by atoms with Crippen molar-refractivity contribution in [3.63, 3.8) is 0 Å². The van der Waals surface area contributed by atoms with E-state index in [4.69, 9.17) is 16.3 Å². The van der Waals surface area contributed by atoms with Gasteiger partial charge in [-0.3, -0.25) is 4.98 Å². The second-order valence-electron chi connectivity index (χ2n) is 3.37. The molecule has 1 heterocycles. The molecule has 0 atom stereocenters. The number of benzene rings is 1. The Kier molecular flexibility index (Phi) is 3.83. The molecule has 0 radical (unpaired) electrons. The standard InChI is InChI=1S/C12H9ClINO2/c1-2-17-12(16)9-6-15-10-5-7(13)3-4-8(10)11(9)14/h3-6H,2H2,1H3. The Morgan fingerprint density at radius 1 is 1.53 bits per heavy atom. The lowest BCUT2D eigenvalue weighted by Crippen LogP contribution is -2.07. The Hall–Kier alpha value is -0.880. The Balaban J connectivity index is 2.58. The van der Waals surface area contributed by atoms with E-state index in [1.807, 2.05) is 6.07 Å². The highest BCUT2D eigenvalue weighted by Gasteiger charge is 2.14. The highest BCUT2D eigenvalue weighted by atomic mass is 127. The van der Waals surface area contributed by atoms with Gasteiger partial charge in [-0.05, 0) is 41.6 Å². The maximum absolute atomic E-state index is 11.7. The molecule has 0 bridgehead atoms. The number of rotatable bonds is 2. The summed E-state index contributed by atoms with van der Waals surface area (Å²) in [4.78, 5) is 15.9. The van der Waals surface area contributed by atoms with Gasteiger partial charge in [0, 0.05) is 20.2 Å². The fraction of sp³-hybridized carbons (Fsp3) is 0.167. The van der Waals surface area contributed by atoms with Crippen LogP contribution in [-0.2, 0) is 4.74 Å². The predicted octanol–water partition coefficient (Wildman–Crippen LogP) is 3.67. The van der Waals surface area contributed by atoms with E-state index >= 15 is 0 Å². The first kappa shape index (κ1) is 12.6. The third-order valence-electron chi connectivity index (χ3n) is 2.26. The molecule has 2 rings (SSSR count). The van der Waals surface area contributed by atoms with Crippen molar-refractivity contribution < 1.29 is 9.53 Å². The highest BCUT2D eigenvalue weighted by molar-refractivity contribution is 14.1. The van der Waals surface area contributed by atoms with Crippen LogP contribution in [0.5, 0.6) is 0 Å². The van der Waals surface area contributed by atoms with E-state index in [2.05, 4.69) is 27.6 Å². The average molecular weight is 362 g/mol. The summed E-state index contributed by atoms with van der Waals surface area (Å²) in [5, 5.41) is 1.53. The molecular weight excluding hydrogens is 352 g/mol. The number of hydrogen-bond donors (Lipinski definition) is 0. The molecule has 1 aromatic heterocycles. The summed E-state index contributed by atoms with van der Waals surface area (Å²) in [6, 6.07) is 5.41. The van der Waals surface area contributed by atoms with E-state index in [9.17, 15) is 4.79 Å². The molecule has 0 amide bonds. The number of hydrogen-bond acceptors (Lipinski definition) is 3. The van der Waals surface area contributed by atoms with Crippen LogP contribution < -0.4 is 0 Å². The summed E-state index contributed by atoms with van der Waals surface area (Å²) in [5.74, 6) is -0.346. The summed E-state index contributed by atoms with van der Waals surface area (Å²) >= 11 is 8.01. The zero-order valence-corrected chi connectivity index (χ0v) is 11.9. The Morgan fingerprint density at radius 2 is 2.29 bits per heavy atom. The number of nitrogens with zero attached hydrogens (tertiary/aromatic N) is 1. The first-order chi connectivity index (χ1) is 8.13. The van der Waals surface area contributed by atoms with Crippen LogP contribution in [0, 0.1) is 3.57 Å². The van der Waals surface area contributed by atoms with Crippen LogP contribution in [0.3, 0.4) is 0 Å². The van der Waals surface area contributed by atoms with Crippen molar-refractivity contribution in [3.8, 4) is 0 Å². The molecule has 2 aromatic rings. The predicted molar refractivity (Wildman–Crippen MR) is 75.4 cm³/mol. The third kappa shape index (κ3) is 2.52. The number of fused-ring (bicyclic) bond motifs is 1. The lowest BCUT2D eigenvalue weighted by Gasteiger charge is -2.06. The van der Waals surface area contributed by atoms with Gasteiger partial charge < -0.3 is 4.74 Å². The van der Waals surface area contributed by atoms with Crippen molar-refractivity contribution in [1.82, 2.24) is 4.98 Å². The van der Waals surface area contributed by atoms with Crippen LogP contribution in [0.2, 0.25) is 5.02 Å². The average Bonchev–Trinajstić information content (AvgIpc) is 2.29. The molecule has 0 aliphatic rings. The van der Waals surface area contributed by atoms with Gasteiger partial charge in [0.15, 0.2) is 0 Å². The lowest BCUT2D eigenvalue weighted by atomic mass is 10.1. The van der Waals surface area contributed by atoms with Gasteiger partial charge >= 0.3 is 5.97 Å². The molecule has 0 fully saturated rings. The van der Waals surface area contributed by atoms with Gasteiger partial charge in [-0.2, -0.15) is 0 Å². The number of aromatic nitrogens is 1. The Morgan fingerprint density at radius 3 is 3.00 bits per heavy atom. The number of carbonyl (C=O) groups is 1. The smallest absolute Gasteiger partial charge is 0.340 e. The Labute approximate surface area is 117 Å². The van der Waals surface area contributed by atoms with Crippen LogP contribution in [-0.4, -0.2) is 17.6 Å². The maximum atomic E-state index is 11.7. The van der Waals surface area contributed by atoms with Crippen molar-refractivity contribution in [1.29, 1.82) is 0 Å².